The predicted octanol–water partition coefficient (Wildman–Crippen LogP) is 3.83. The van der Waals surface area contributed by atoms with E-state index >= 15 is 0 Å². The second-order valence-electron chi connectivity index (χ2n) is 6.02. The fourth-order valence-corrected chi connectivity index (χ4v) is 3.00. The maximum atomic E-state index is 12.3. The van der Waals surface area contributed by atoms with E-state index in [0.717, 1.165) is 24.8 Å². The highest BCUT2D eigenvalue weighted by Gasteiger charge is 2.26. The highest BCUT2D eigenvalue weighted by molar-refractivity contribution is 6.29. The van der Waals surface area contributed by atoms with Gasteiger partial charge in [-0.2, -0.15) is 0 Å². The van der Waals surface area contributed by atoms with Crippen LogP contribution in [0, 0.1) is 0 Å². The number of hydrogen-bond donors (Lipinski definition) is 1. The molecule has 1 saturated carbocycles. The van der Waals surface area contributed by atoms with Crippen molar-refractivity contribution in [3.05, 3.63) is 47.6 Å². The lowest BCUT2D eigenvalue weighted by atomic mass is 9.93. The number of aromatic nitrogens is 3. The lowest BCUT2D eigenvalue weighted by molar-refractivity contribution is -0.118. The van der Waals surface area contributed by atoms with Gasteiger partial charge in [0.2, 0.25) is 5.95 Å². The Labute approximate surface area is 149 Å². The minimum atomic E-state index is -0.258. The molecule has 1 aliphatic rings. The lowest BCUT2D eigenvalue weighted by Crippen LogP contribution is -2.25. The smallest absolute Gasteiger partial charge is 0.264 e. The summed E-state index contributed by atoms with van der Waals surface area (Å²) >= 11 is 6.03. The number of fused-ring (bicyclic) bond motifs is 1. The van der Waals surface area contributed by atoms with E-state index in [9.17, 15) is 4.79 Å². The van der Waals surface area contributed by atoms with Crippen LogP contribution in [-0.4, -0.2) is 27.0 Å². The van der Waals surface area contributed by atoms with E-state index in [4.69, 9.17) is 16.3 Å². The first-order valence-corrected chi connectivity index (χ1v) is 8.61. The predicted molar refractivity (Wildman–Crippen MR) is 96.0 cm³/mol. The van der Waals surface area contributed by atoms with Crippen molar-refractivity contribution in [3.63, 3.8) is 0 Å². The Balaban J connectivity index is 1.55. The molecule has 2 heterocycles. The Hall–Kier alpha value is -2.60. The zero-order chi connectivity index (χ0) is 17.2. The highest BCUT2D eigenvalue weighted by atomic mass is 35.5. The summed E-state index contributed by atoms with van der Waals surface area (Å²) in [7, 11) is 0. The Morgan fingerprint density at radius 2 is 2.00 bits per heavy atom. The molecule has 0 atom stereocenters. The summed E-state index contributed by atoms with van der Waals surface area (Å²) in [5, 5.41) is 3.26. The van der Waals surface area contributed by atoms with Gasteiger partial charge in [0.25, 0.3) is 5.91 Å². The van der Waals surface area contributed by atoms with Crippen LogP contribution in [0.5, 0.6) is 5.75 Å². The molecule has 1 N–H and O–H groups in total. The van der Waals surface area contributed by atoms with Gasteiger partial charge in [-0.15, -0.1) is 0 Å². The molecule has 0 unspecified atom stereocenters. The second kappa shape index (κ2) is 6.72. The van der Waals surface area contributed by atoms with Gasteiger partial charge in [-0.1, -0.05) is 29.8 Å². The molecular weight excluding hydrogens is 340 g/mol. The van der Waals surface area contributed by atoms with Crippen molar-refractivity contribution in [2.75, 3.05) is 11.9 Å². The minimum absolute atomic E-state index is 0.0773. The molecule has 1 amide bonds. The number of nitrogens with zero attached hydrogens (tertiary/aromatic N) is 3. The standard InChI is InChI=1S/C18H17ClN4O2/c19-15-10-9-14-17(21-15)23(12-5-4-6-12)18(20-14)22-16(24)11-25-13-7-2-1-3-8-13/h1-3,7-10,12H,4-6,11H2,(H,20,22,24). The van der Waals surface area contributed by atoms with Crippen molar-refractivity contribution < 1.29 is 9.53 Å². The SMILES string of the molecule is O=C(COc1ccccc1)Nc1nc2ccc(Cl)nc2n1C1CCC1. The Kier molecular flexibility index (Phi) is 4.28. The second-order valence-corrected chi connectivity index (χ2v) is 6.40. The van der Waals surface area contributed by atoms with Gasteiger partial charge in [-0.3, -0.25) is 14.7 Å². The van der Waals surface area contributed by atoms with Gasteiger partial charge >= 0.3 is 0 Å². The average Bonchev–Trinajstić information content (AvgIpc) is 2.90. The zero-order valence-electron chi connectivity index (χ0n) is 13.5. The summed E-state index contributed by atoms with van der Waals surface area (Å²) in [6.07, 6.45) is 3.25. The van der Waals surface area contributed by atoms with Gasteiger partial charge in [0.1, 0.15) is 16.4 Å². The molecule has 128 valence electrons. The van der Waals surface area contributed by atoms with Crippen LogP contribution in [0.4, 0.5) is 5.95 Å². The molecule has 0 bridgehead atoms. The quantitative estimate of drug-likeness (QED) is 0.705. The molecule has 1 aromatic carbocycles. The van der Waals surface area contributed by atoms with E-state index in [1.165, 1.54) is 0 Å². The monoisotopic (exact) mass is 356 g/mol. The normalized spacial score (nSPS) is 14.3. The zero-order valence-corrected chi connectivity index (χ0v) is 14.2. The first-order chi connectivity index (χ1) is 12.2. The third-order valence-corrected chi connectivity index (χ3v) is 4.52. The van der Waals surface area contributed by atoms with Crippen LogP contribution in [0.25, 0.3) is 11.2 Å². The molecule has 3 aromatic rings. The first-order valence-electron chi connectivity index (χ1n) is 8.23. The number of amides is 1. The average molecular weight is 357 g/mol. The van der Waals surface area contributed by atoms with Crippen molar-refractivity contribution in [1.82, 2.24) is 14.5 Å². The van der Waals surface area contributed by atoms with Crippen molar-refractivity contribution in [2.45, 2.75) is 25.3 Å². The third kappa shape index (κ3) is 3.30. The van der Waals surface area contributed by atoms with E-state index < -0.39 is 0 Å². The van der Waals surface area contributed by atoms with E-state index in [1.807, 2.05) is 41.0 Å². The lowest BCUT2D eigenvalue weighted by Gasteiger charge is -2.28. The van der Waals surface area contributed by atoms with Gasteiger partial charge < -0.3 is 4.74 Å². The van der Waals surface area contributed by atoms with E-state index in [2.05, 4.69) is 15.3 Å². The molecule has 0 radical (unpaired) electrons. The molecule has 7 heteroatoms. The molecule has 0 aliphatic heterocycles. The minimum Gasteiger partial charge on any atom is -0.484 e. The molecule has 25 heavy (non-hydrogen) atoms. The topological polar surface area (TPSA) is 69.0 Å². The molecule has 0 spiro atoms. The summed E-state index contributed by atoms with van der Waals surface area (Å²) in [5.41, 5.74) is 1.42. The molecular formula is C18H17ClN4O2. The summed E-state index contributed by atoms with van der Waals surface area (Å²) < 4.78 is 7.47. The molecule has 1 aliphatic carbocycles. The van der Waals surface area contributed by atoms with Gasteiger partial charge in [0, 0.05) is 6.04 Å². The van der Waals surface area contributed by atoms with Crippen molar-refractivity contribution in [2.24, 2.45) is 0 Å². The van der Waals surface area contributed by atoms with E-state index in [0.29, 0.717) is 28.5 Å². The van der Waals surface area contributed by atoms with Gasteiger partial charge in [-0.25, -0.2) is 9.97 Å². The van der Waals surface area contributed by atoms with Gasteiger partial charge in [0.05, 0.1) is 0 Å². The molecule has 0 saturated heterocycles. The maximum absolute atomic E-state index is 12.3. The first kappa shape index (κ1) is 15.9. The van der Waals surface area contributed by atoms with Crippen LogP contribution in [0.3, 0.4) is 0 Å². The van der Waals surface area contributed by atoms with Crippen LogP contribution in [0.15, 0.2) is 42.5 Å². The molecule has 1 fully saturated rings. The summed E-state index contributed by atoms with van der Waals surface area (Å²) in [6.45, 7) is -0.0773. The van der Waals surface area contributed by atoms with E-state index in [1.54, 1.807) is 6.07 Å². The third-order valence-electron chi connectivity index (χ3n) is 4.31. The Bertz CT molecular complexity index is 906. The number of carbonyl (C=O) groups excluding carboxylic acids is 1. The number of ether oxygens (including phenoxy) is 1. The fourth-order valence-electron chi connectivity index (χ4n) is 2.86. The largest absolute Gasteiger partial charge is 0.484 e. The van der Waals surface area contributed by atoms with Crippen LogP contribution in [0.2, 0.25) is 5.15 Å². The number of nitrogens with one attached hydrogen (secondary N) is 1. The number of para-hydroxylation sites is 1. The van der Waals surface area contributed by atoms with Gasteiger partial charge in [0.15, 0.2) is 12.3 Å². The van der Waals surface area contributed by atoms with Crippen LogP contribution < -0.4 is 10.1 Å². The van der Waals surface area contributed by atoms with Crippen LogP contribution in [-0.2, 0) is 4.79 Å². The van der Waals surface area contributed by atoms with Crippen molar-refractivity contribution in [1.29, 1.82) is 0 Å². The van der Waals surface area contributed by atoms with Crippen LogP contribution >= 0.6 is 11.6 Å². The Morgan fingerprint density at radius 1 is 1.20 bits per heavy atom. The number of imidazole rings is 1. The summed E-state index contributed by atoms with van der Waals surface area (Å²) in [4.78, 5) is 21.2. The molecule has 4 rings (SSSR count). The number of benzene rings is 1. The fraction of sp³-hybridized carbons (Fsp3) is 0.278. The summed E-state index contributed by atoms with van der Waals surface area (Å²) in [6, 6.07) is 13.0. The number of anilines is 1. The summed E-state index contributed by atoms with van der Waals surface area (Å²) in [5.74, 6) is 0.889. The number of hydrogen-bond acceptors (Lipinski definition) is 4. The molecule has 6 nitrogen and oxygen atoms in total. The number of halogens is 1. The number of pyridine rings is 1. The van der Waals surface area contributed by atoms with E-state index in [-0.39, 0.29) is 12.5 Å². The van der Waals surface area contributed by atoms with Crippen LogP contribution in [0.1, 0.15) is 25.3 Å². The van der Waals surface area contributed by atoms with Crippen molar-refractivity contribution >= 4 is 34.6 Å². The van der Waals surface area contributed by atoms with Gasteiger partial charge in [-0.05, 0) is 43.5 Å². The Morgan fingerprint density at radius 3 is 2.72 bits per heavy atom. The van der Waals surface area contributed by atoms with Crippen molar-refractivity contribution in [3.8, 4) is 5.75 Å². The number of rotatable bonds is 5. The molecule has 2 aromatic heterocycles. The number of carbonyl (C=O) groups is 1. The maximum Gasteiger partial charge on any atom is 0.264 e. The highest BCUT2D eigenvalue weighted by Crippen LogP contribution is 2.36.